The molecular formula is C16H19N3O5. The standard InChI is InChI=1S/C16H19N3O5/c1-9(13(21)22)8-19(3)12(20)10-4-6-11(7-5-10)16(2)14(23)17-15(24)18-16/h4-7,9H,8H2,1-3H3,(H,21,22)(H2,17,18,23,24)/t9-,16-/m1/s1. The van der Waals surface area contributed by atoms with Crippen LogP contribution >= 0.6 is 0 Å². The fourth-order valence-electron chi connectivity index (χ4n) is 2.48. The van der Waals surface area contributed by atoms with E-state index in [0.29, 0.717) is 11.1 Å². The molecule has 0 saturated carbocycles. The maximum atomic E-state index is 12.3. The van der Waals surface area contributed by atoms with E-state index in [9.17, 15) is 19.2 Å². The van der Waals surface area contributed by atoms with Gasteiger partial charge in [0.05, 0.1) is 5.92 Å². The Morgan fingerprint density at radius 1 is 1.25 bits per heavy atom. The molecule has 1 aliphatic heterocycles. The van der Waals surface area contributed by atoms with Gasteiger partial charge in [-0.3, -0.25) is 19.7 Å². The highest BCUT2D eigenvalue weighted by Gasteiger charge is 2.43. The van der Waals surface area contributed by atoms with E-state index in [1.165, 1.54) is 18.9 Å². The Balaban J connectivity index is 2.14. The number of carbonyl (C=O) groups is 4. The fraction of sp³-hybridized carbons (Fsp3) is 0.375. The number of carboxylic acid groups (broad SMARTS) is 1. The zero-order chi connectivity index (χ0) is 18.1. The van der Waals surface area contributed by atoms with Crippen molar-refractivity contribution < 1.29 is 24.3 Å². The molecule has 0 aromatic heterocycles. The van der Waals surface area contributed by atoms with Crippen molar-refractivity contribution in [3.05, 3.63) is 35.4 Å². The Hall–Kier alpha value is -2.90. The molecule has 0 spiro atoms. The molecule has 1 aromatic rings. The van der Waals surface area contributed by atoms with Gasteiger partial charge in [-0.1, -0.05) is 19.1 Å². The lowest BCUT2D eigenvalue weighted by molar-refractivity contribution is -0.141. The van der Waals surface area contributed by atoms with E-state index in [1.807, 2.05) is 0 Å². The summed E-state index contributed by atoms with van der Waals surface area (Å²) in [6, 6.07) is 5.70. The fourth-order valence-corrected chi connectivity index (χ4v) is 2.48. The van der Waals surface area contributed by atoms with E-state index in [0.717, 1.165) is 0 Å². The lowest BCUT2D eigenvalue weighted by atomic mass is 9.91. The largest absolute Gasteiger partial charge is 0.481 e. The second-order valence-corrected chi connectivity index (χ2v) is 6.04. The summed E-state index contributed by atoms with van der Waals surface area (Å²) in [4.78, 5) is 47.7. The van der Waals surface area contributed by atoms with Crippen LogP contribution in [-0.2, 0) is 15.1 Å². The van der Waals surface area contributed by atoms with Crippen molar-refractivity contribution in [3.63, 3.8) is 0 Å². The number of urea groups is 1. The van der Waals surface area contributed by atoms with E-state index in [1.54, 1.807) is 31.2 Å². The SMILES string of the molecule is C[C@H](CN(C)C(=O)c1ccc([C@@]2(C)NC(=O)NC2=O)cc1)C(=O)O. The van der Waals surface area contributed by atoms with Gasteiger partial charge in [-0.05, 0) is 24.6 Å². The zero-order valence-corrected chi connectivity index (χ0v) is 13.6. The van der Waals surface area contributed by atoms with Crippen LogP contribution in [0.4, 0.5) is 4.79 Å². The van der Waals surface area contributed by atoms with Crippen LogP contribution in [0.25, 0.3) is 0 Å². The maximum Gasteiger partial charge on any atom is 0.322 e. The number of benzene rings is 1. The number of amides is 4. The minimum absolute atomic E-state index is 0.0894. The number of carbonyl (C=O) groups excluding carboxylic acids is 3. The molecule has 0 radical (unpaired) electrons. The van der Waals surface area contributed by atoms with Gasteiger partial charge >= 0.3 is 12.0 Å². The lowest BCUT2D eigenvalue weighted by Crippen LogP contribution is -2.40. The van der Waals surface area contributed by atoms with Crippen LogP contribution in [-0.4, -0.2) is 47.4 Å². The quantitative estimate of drug-likeness (QED) is 0.680. The molecule has 128 valence electrons. The van der Waals surface area contributed by atoms with Crippen LogP contribution in [0.3, 0.4) is 0 Å². The molecule has 0 aliphatic carbocycles. The first-order valence-corrected chi connectivity index (χ1v) is 7.37. The predicted octanol–water partition coefficient (Wildman–Crippen LogP) is 0.534. The van der Waals surface area contributed by atoms with Crippen LogP contribution in [0.1, 0.15) is 29.8 Å². The molecule has 1 aliphatic rings. The van der Waals surface area contributed by atoms with Crippen LogP contribution in [0.2, 0.25) is 0 Å². The minimum atomic E-state index is -1.18. The Bertz CT molecular complexity index is 700. The molecule has 1 saturated heterocycles. The summed E-state index contributed by atoms with van der Waals surface area (Å²) in [6.45, 7) is 3.19. The predicted molar refractivity (Wildman–Crippen MR) is 84.2 cm³/mol. The third kappa shape index (κ3) is 3.22. The molecule has 1 fully saturated rings. The maximum absolute atomic E-state index is 12.3. The molecule has 1 heterocycles. The Kier molecular flexibility index (Phi) is 4.59. The van der Waals surface area contributed by atoms with Crippen LogP contribution in [0, 0.1) is 5.92 Å². The smallest absolute Gasteiger partial charge is 0.322 e. The van der Waals surface area contributed by atoms with Gasteiger partial charge < -0.3 is 15.3 Å². The summed E-state index contributed by atoms with van der Waals surface area (Å²) in [7, 11) is 1.53. The molecule has 2 atom stereocenters. The Morgan fingerprint density at radius 2 is 1.83 bits per heavy atom. The van der Waals surface area contributed by atoms with Crippen LogP contribution in [0.15, 0.2) is 24.3 Å². The summed E-state index contributed by atoms with van der Waals surface area (Å²) in [5, 5.41) is 13.6. The highest BCUT2D eigenvalue weighted by molar-refractivity contribution is 6.07. The number of hydrogen-bond acceptors (Lipinski definition) is 4. The van der Waals surface area contributed by atoms with Crippen molar-refractivity contribution in [2.45, 2.75) is 19.4 Å². The van der Waals surface area contributed by atoms with Gasteiger partial charge in [-0.25, -0.2) is 4.79 Å². The number of aliphatic carboxylic acids is 1. The van der Waals surface area contributed by atoms with Crippen molar-refractivity contribution in [1.29, 1.82) is 0 Å². The van der Waals surface area contributed by atoms with Gasteiger partial charge in [0, 0.05) is 19.2 Å². The van der Waals surface area contributed by atoms with Gasteiger partial charge in [0.2, 0.25) is 0 Å². The number of hydrogen-bond donors (Lipinski definition) is 3. The lowest BCUT2D eigenvalue weighted by Gasteiger charge is -2.22. The third-order valence-electron chi connectivity index (χ3n) is 4.07. The normalized spacial score (nSPS) is 21.0. The minimum Gasteiger partial charge on any atom is -0.481 e. The average molecular weight is 333 g/mol. The van der Waals surface area contributed by atoms with Crippen molar-refractivity contribution in [2.24, 2.45) is 5.92 Å². The van der Waals surface area contributed by atoms with Crippen LogP contribution < -0.4 is 10.6 Å². The van der Waals surface area contributed by atoms with E-state index >= 15 is 0 Å². The highest BCUT2D eigenvalue weighted by atomic mass is 16.4. The number of imide groups is 1. The van der Waals surface area contributed by atoms with E-state index in [2.05, 4.69) is 10.6 Å². The molecule has 8 heteroatoms. The Labute approximate surface area is 138 Å². The molecular weight excluding hydrogens is 314 g/mol. The highest BCUT2D eigenvalue weighted by Crippen LogP contribution is 2.24. The van der Waals surface area contributed by atoms with Crippen molar-refractivity contribution >= 4 is 23.8 Å². The molecule has 2 rings (SSSR count). The monoisotopic (exact) mass is 333 g/mol. The second-order valence-electron chi connectivity index (χ2n) is 6.04. The summed E-state index contributed by atoms with van der Waals surface area (Å²) in [5.41, 5.74) is -0.265. The molecule has 8 nitrogen and oxygen atoms in total. The summed E-state index contributed by atoms with van der Waals surface area (Å²) >= 11 is 0. The first-order valence-electron chi connectivity index (χ1n) is 7.37. The van der Waals surface area contributed by atoms with Gasteiger partial charge in [0.25, 0.3) is 11.8 Å². The number of carboxylic acids is 1. The number of nitrogens with zero attached hydrogens (tertiary/aromatic N) is 1. The van der Waals surface area contributed by atoms with Gasteiger partial charge in [0.1, 0.15) is 5.54 Å². The molecule has 1 aromatic carbocycles. The second kappa shape index (κ2) is 6.31. The van der Waals surface area contributed by atoms with Crippen molar-refractivity contribution in [3.8, 4) is 0 Å². The zero-order valence-electron chi connectivity index (χ0n) is 13.6. The van der Waals surface area contributed by atoms with Gasteiger partial charge in [0.15, 0.2) is 0 Å². The number of rotatable bonds is 5. The third-order valence-corrected chi connectivity index (χ3v) is 4.07. The number of nitrogens with one attached hydrogen (secondary N) is 2. The van der Waals surface area contributed by atoms with Crippen LogP contribution in [0.5, 0.6) is 0 Å². The first kappa shape index (κ1) is 17.5. The molecule has 4 amide bonds. The summed E-state index contributed by atoms with van der Waals surface area (Å²) in [5.74, 6) is -2.42. The topological polar surface area (TPSA) is 116 Å². The Morgan fingerprint density at radius 3 is 2.29 bits per heavy atom. The molecule has 0 bridgehead atoms. The summed E-state index contributed by atoms with van der Waals surface area (Å²) < 4.78 is 0. The van der Waals surface area contributed by atoms with E-state index < -0.39 is 29.4 Å². The molecule has 0 unspecified atom stereocenters. The van der Waals surface area contributed by atoms with E-state index in [-0.39, 0.29) is 12.5 Å². The van der Waals surface area contributed by atoms with Gasteiger partial charge in [-0.15, -0.1) is 0 Å². The van der Waals surface area contributed by atoms with Gasteiger partial charge in [-0.2, -0.15) is 0 Å². The first-order chi connectivity index (χ1) is 11.1. The van der Waals surface area contributed by atoms with Crippen molar-refractivity contribution in [2.75, 3.05) is 13.6 Å². The summed E-state index contributed by atoms with van der Waals surface area (Å²) in [6.07, 6.45) is 0. The van der Waals surface area contributed by atoms with Crippen molar-refractivity contribution in [1.82, 2.24) is 15.5 Å². The average Bonchev–Trinajstić information content (AvgIpc) is 2.80. The molecule has 3 N–H and O–H groups in total. The van der Waals surface area contributed by atoms with E-state index in [4.69, 9.17) is 5.11 Å². The molecule has 24 heavy (non-hydrogen) atoms.